The second-order valence-electron chi connectivity index (χ2n) is 8.30. The van der Waals surface area contributed by atoms with Crippen LogP contribution < -0.4 is 15.8 Å². The maximum atomic E-state index is 13.0. The maximum Gasteiger partial charge on any atom is 0.274 e. The number of hydrogen-bond donors (Lipinski definition) is 2. The molecule has 2 heterocycles. The molecule has 0 spiro atoms. The number of halogens is 1. The molecular formula is C23H29ClN4O6. The molecule has 1 fully saturated rings. The van der Waals surface area contributed by atoms with Crippen molar-refractivity contribution >= 4 is 41.3 Å². The van der Waals surface area contributed by atoms with Gasteiger partial charge >= 0.3 is 0 Å². The zero-order valence-corrected chi connectivity index (χ0v) is 19.6. The van der Waals surface area contributed by atoms with Crippen molar-refractivity contribution in [3.05, 3.63) is 29.3 Å². The number of unbranched alkanes of at least 4 members (excludes halogenated alkanes) is 5. The molecule has 1 atom stereocenters. The van der Waals surface area contributed by atoms with E-state index in [1.54, 1.807) is 0 Å². The largest absolute Gasteiger partial charge is 0.483 e. The van der Waals surface area contributed by atoms with E-state index in [9.17, 15) is 24.0 Å². The van der Waals surface area contributed by atoms with E-state index < -0.39 is 42.2 Å². The van der Waals surface area contributed by atoms with E-state index in [1.807, 2.05) is 0 Å². The number of ether oxygens (including phenoxy) is 1. The summed E-state index contributed by atoms with van der Waals surface area (Å²) in [6.07, 6.45) is 6.04. The lowest BCUT2D eigenvalue weighted by molar-refractivity contribution is -0.136. The Morgan fingerprint density at radius 3 is 2.50 bits per heavy atom. The second kappa shape index (κ2) is 11.9. The molecule has 0 aromatic heterocycles. The van der Waals surface area contributed by atoms with Crippen LogP contribution in [0.15, 0.2) is 18.2 Å². The van der Waals surface area contributed by atoms with Crippen molar-refractivity contribution in [1.82, 2.24) is 14.6 Å². The quantitative estimate of drug-likeness (QED) is 0.257. The van der Waals surface area contributed by atoms with Gasteiger partial charge in [-0.1, -0.05) is 31.7 Å². The summed E-state index contributed by atoms with van der Waals surface area (Å²) in [6, 6.07) is 3.39. The molecule has 5 amide bonds. The van der Waals surface area contributed by atoms with Crippen molar-refractivity contribution in [2.24, 2.45) is 5.73 Å². The second-order valence-corrected chi connectivity index (χ2v) is 8.71. The number of imide groups is 2. The predicted molar refractivity (Wildman–Crippen MR) is 123 cm³/mol. The number of amides is 5. The topological polar surface area (TPSA) is 139 Å². The van der Waals surface area contributed by atoms with Crippen LogP contribution in [0.3, 0.4) is 0 Å². The van der Waals surface area contributed by atoms with E-state index in [1.165, 1.54) is 18.2 Å². The third-order valence-electron chi connectivity index (χ3n) is 5.86. The summed E-state index contributed by atoms with van der Waals surface area (Å²) in [5, 5.41) is 2.15. The van der Waals surface area contributed by atoms with E-state index in [-0.39, 0.29) is 29.7 Å². The molecule has 0 radical (unpaired) electrons. The fraction of sp³-hybridized carbons (Fsp3) is 0.522. The summed E-state index contributed by atoms with van der Waals surface area (Å²) in [7, 11) is 0. The van der Waals surface area contributed by atoms with Crippen LogP contribution in [-0.2, 0) is 14.4 Å². The number of rotatable bonds is 12. The number of carbonyl (C=O) groups excluding carboxylic acids is 5. The Labute approximate surface area is 202 Å². The average Bonchev–Trinajstić information content (AvgIpc) is 3.07. The molecule has 2 aliphatic heterocycles. The highest BCUT2D eigenvalue weighted by Gasteiger charge is 2.46. The minimum Gasteiger partial charge on any atom is -0.483 e. The van der Waals surface area contributed by atoms with Gasteiger partial charge in [0.15, 0.2) is 6.61 Å². The summed E-state index contributed by atoms with van der Waals surface area (Å²) >= 11 is 6.07. The monoisotopic (exact) mass is 492 g/mol. The zero-order chi connectivity index (χ0) is 24.7. The number of nitrogens with one attached hydrogen (secondary N) is 1. The minimum atomic E-state index is -1.08. The standard InChI is InChI=1S/C23H29ClN4O6/c24-27(13-6-4-2-1-3-5-12-25)19(30)14-34-17-9-7-8-15-20(17)23(33)28(22(15)32)16-10-11-18(29)26-21(16)31/h7-9,16H,1-6,10-14,25H2,(H,26,29,31). The molecule has 2 aliphatic rings. The summed E-state index contributed by atoms with van der Waals surface area (Å²) in [6.45, 7) is 0.661. The van der Waals surface area contributed by atoms with Gasteiger partial charge in [-0.05, 0) is 37.9 Å². The number of hydrogen-bond acceptors (Lipinski definition) is 7. The first-order valence-corrected chi connectivity index (χ1v) is 11.8. The molecule has 0 saturated carbocycles. The minimum absolute atomic E-state index is 0.0106. The Balaban J connectivity index is 1.56. The van der Waals surface area contributed by atoms with Gasteiger partial charge in [0.2, 0.25) is 11.8 Å². The van der Waals surface area contributed by atoms with Gasteiger partial charge < -0.3 is 10.5 Å². The van der Waals surface area contributed by atoms with Crippen LogP contribution in [0.1, 0.15) is 72.1 Å². The molecular weight excluding hydrogens is 464 g/mol. The van der Waals surface area contributed by atoms with Gasteiger partial charge in [0.1, 0.15) is 11.8 Å². The zero-order valence-electron chi connectivity index (χ0n) is 18.9. The van der Waals surface area contributed by atoms with Gasteiger partial charge in [-0.3, -0.25) is 38.6 Å². The van der Waals surface area contributed by atoms with Crippen molar-refractivity contribution < 1.29 is 28.7 Å². The molecule has 3 rings (SSSR count). The van der Waals surface area contributed by atoms with E-state index >= 15 is 0 Å². The number of nitrogens with zero attached hydrogens (tertiary/aromatic N) is 2. The SMILES string of the molecule is NCCCCCCCCN(Cl)C(=O)COc1cccc2c1C(=O)N(C1CCC(=O)NC1=O)C2=O. The molecule has 34 heavy (non-hydrogen) atoms. The van der Waals surface area contributed by atoms with Crippen molar-refractivity contribution in [2.45, 2.75) is 57.4 Å². The first kappa shape index (κ1) is 25.6. The van der Waals surface area contributed by atoms with Gasteiger partial charge in [-0.15, -0.1) is 0 Å². The Morgan fingerprint density at radius 1 is 1.09 bits per heavy atom. The molecule has 1 saturated heterocycles. The van der Waals surface area contributed by atoms with E-state index in [0.717, 1.165) is 47.8 Å². The van der Waals surface area contributed by atoms with Crippen LogP contribution in [0.2, 0.25) is 0 Å². The molecule has 1 aromatic carbocycles. The van der Waals surface area contributed by atoms with Gasteiger partial charge in [-0.2, -0.15) is 0 Å². The first-order valence-electron chi connectivity index (χ1n) is 11.5. The summed E-state index contributed by atoms with van der Waals surface area (Å²) in [5.41, 5.74) is 5.54. The molecule has 0 bridgehead atoms. The Bertz CT molecular complexity index is 969. The number of carbonyl (C=O) groups is 5. The fourth-order valence-electron chi connectivity index (χ4n) is 4.04. The lowest BCUT2D eigenvalue weighted by Crippen LogP contribution is -2.54. The van der Waals surface area contributed by atoms with Gasteiger partial charge in [0, 0.05) is 24.7 Å². The Morgan fingerprint density at radius 2 is 1.79 bits per heavy atom. The highest BCUT2D eigenvalue weighted by Crippen LogP contribution is 2.33. The maximum absolute atomic E-state index is 13.0. The molecule has 1 unspecified atom stereocenters. The van der Waals surface area contributed by atoms with Crippen LogP contribution >= 0.6 is 11.8 Å². The lowest BCUT2D eigenvalue weighted by atomic mass is 10.0. The van der Waals surface area contributed by atoms with E-state index in [0.29, 0.717) is 13.1 Å². The number of benzene rings is 1. The summed E-state index contributed by atoms with van der Waals surface area (Å²) in [5.74, 6) is -2.89. The molecule has 11 heteroatoms. The lowest BCUT2D eigenvalue weighted by Gasteiger charge is -2.27. The van der Waals surface area contributed by atoms with Crippen LogP contribution in [0, 0.1) is 0 Å². The van der Waals surface area contributed by atoms with Crippen LogP contribution in [0.4, 0.5) is 0 Å². The van der Waals surface area contributed by atoms with Crippen molar-refractivity contribution in [1.29, 1.82) is 0 Å². The highest BCUT2D eigenvalue weighted by molar-refractivity contribution is 6.24. The molecule has 3 N–H and O–H groups in total. The van der Waals surface area contributed by atoms with E-state index in [2.05, 4.69) is 5.32 Å². The number of nitrogens with two attached hydrogens (primary N) is 1. The summed E-state index contributed by atoms with van der Waals surface area (Å²) in [4.78, 5) is 62.7. The molecule has 1 aromatic rings. The molecule has 184 valence electrons. The summed E-state index contributed by atoms with van der Waals surface area (Å²) < 4.78 is 6.62. The fourth-order valence-corrected chi connectivity index (χ4v) is 4.21. The van der Waals surface area contributed by atoms with Crippen LogP contribution in [0.25, 0.3) is 0 Å². The smallest absolute Gasteiger partial charge is 0.274 e. The third kappa shape index (κ3) is 5.92. The number of piperidine rings is 1. The molecule has 0 aliphatic carbocycles. The van der Waals surface area contributed by atoms with Crippen LogP contribution in [0.5, 0.6) is 5.75 Å². The number of fused-ring (bicyclic) bond motifs is 1. The van der Waals surface area contributed by atoms with Crippen molar-refractivity contribution in [2.75, 3.05) is 19.7 Å². The van der Waals surface area contributed by atoms with Gasteiger partial charge in [-0.25, -0.2) is 0 Å². The predicted octanol–water partition coefficient (Wildman–Crippen LogP) is 1.75. The van der Waals surface area contributed by atoms with Gasteiger partial charge in [0.25, 0.3) is 17.7 Å². The van der Waals surface area contributed by atoms with Crippen LogP contribution in [-0.4, -0.2) is 64.6 Å². The molecule has 10 nitrogen and oxygen atoms in total. The van der Waals surface area contributed by atoms with Crippen molar-refractivity contribution in [3.63, 3.8) is 0 Å². The van der Waals surface area contributed by atoms with Crippen molar-refractivity contribution in [3.8, 4) is 5.75 Å². The first-order chi connectivity index (χ1) is 16.3. The average molecular weight is 493 g/mol. The third-order valence-corrected chi connectivity index (χ3v) is 6.22. The normalized spacial score (nSPS) is 17.6. The van der Waals surface area contributed by atoms with Gasteiger partial charge in [0.05, 0.1) is 11.1 Å². The highest BCUT2D eigenvalue weighted by atomic mass is 35.5. The Hall–Kier alpha value is -2.98. The Kier molecular flexibility index (Phi) is 9.00. The van der Waals surface area contributed by atoms with E-state index in [4.69, 9.17) is 22.2 Å².